The summed E-state index contributed by atoms with van der Waals surface area (Å²) in [6.45, 7) is 7.16. The third-order valence-electron chi connectivity index (χ3n) is 5.73. The molecule has 3 rings (SSSR count). The van der Waals surface area contributed by atoms with E-state index >= 15 is 0 Å². The molecule has 1 aromatic heterocycles. The van der Waals surface area contributed by atoms with Gasteiger partial charge in [0.15, 0.2) is 0 Å². The fourth-order valence-electron chi connectivity index (χ4n) is 4.48. The van der Waals surface area contributed by atoms with Gasteiger partial charge in [-0.1, -0.05) is 20.3 Å². The number of hydrogen-bond donors (Lipinski definition) is 1. The van der Waals surface area contributed by atoms with E-state index in [1.54, 1.807) is 11.3 Å². The molecule has 3 nitrogen and oxygen atoms in total. The quantitative estimate of drug-likeness (QED) is 0.831. The van der Waals surface area contributed by atoms with E-state index in [1.807, 2.05) is 0 Å². The summed E-state index contributed by atoms with van der Waals surface area (Å²) in [5, 5.41) is 7.61. The van der Waals surface area contributed by atoms with Gasteiger partial charge in [0.2, 0.25) is 5.91 Å². The zero-order valence-corrected chi connectivity index (χ0v) is 14.6. The topological polar surface area (TPSA) is 32.3 Å². The molecule has 2 aliphatic carbocycles. The Morgan fingerprint density at radius 1 is 1.36 bits per heavy atom. The zero-order chi connectivity index (χ0) is 15.5. The second-order valence-corrected chi connectivity index (χ2v) is 7.60. The third kappa shape index (κ3) is 3.23. The lowest BCUT2D eigenvalue weighted by atomic mass is 9.88. The Labute approximate surface area is 138 Å². The minimum absolute atomic E-state index is 0.290. The molecule has 2 saturated carbocycles. The standard InChI is InChI=1S/C18H28N2OS/c1-3-20(4-2)17(15-7-8-22-12-15)11-19-18(21)16-10-13-5-6-14(16)9-13/h7-8,12-14,16-17H,3-6,9-11H2,1-2H3,(H,19,21)/t13-,14-,16+,17-/m0/s1. The maximum atomic E-state index is 12.6. The van der Waals surface area contributed by atoms with Gasteiger partial charge in [-0.2, -0.15) is 11.3 Å². The first-order valence-corrected chi connectivity index (χ1v) is 9.71. The molecule has 2 fully saturated rings. The van der Waals surface area contributed by atoms with Crippen LogP contribution in [0.25, 0.3) is 0 Å². The molecule has 2 bridgehead atoms. The molecular weight excluding hydrogens is 292 g/mol. The van der Waals surface area contributed by atoms with Gasteiger partial charge in [0.1, 0.15) is 0 Å². The van der Waals surface area contributed by atoms with Crippen molar-refractivity contribution in [3.8, 4) is 0 Å². The number of carbonyl (C=O) groups is 1. The molecule has 0 unspecified atom stereocenters. The van der Waals surface area contributed by atoms with Crippen LogP contribution in [0, 0.1) is 17.8 Å². The molecule has 0 spiro atoms. The van der Waals surface area contributed by atoms with E-state index in [1.165, 1.54) is 24.8 Å². The summed E-state index contributed by atoms with van der Waals surface area (Å²) < 4.78 is 0. The summed E-state index contributed by atoms with van der Waals surface area (Å²) in [5.74, 6) is 2.09. The molecule has 2 aliphatic rings. The molecule has 4 heteroatoms. The monoisotopic (exact) mass is 320 g/mol. The maximum Gasteiger partial charge on any atom is 0.223 e. The first-order valence-electron chi connectivity index (χ1n) is 8.76. The van der Waals surface area contributed by atoms with Crippen molar-refractivity contribution < 1.29 is 4.79 Å². The lowest BCUT2D eigenvalue weighted by Crippen LogP contribution is -2.41. The van der Waals surface area contributed by atoms with Crippen LogP contribution in [0.1, 0.15) is 51.1 Å². The van der Waals surface area contributed by atoms with Gasteiger partial charge in [0.25, 0.3) is 0 Å². The van der Waals surface area contributed by atoms with Crippen LogP contribution in [0.4, 0.5) is 0 Å². The van der Waals surface area contributed by atoms with Crippen molar-refractivity contribution in [3.05, 3.63) is 22.4 Å². The largest absolute Gasteiger partial charge is 0.354 e. The number of hydrogen-bond acceptors (Lipinski definition) is 3. The number of thiophene rings is 1. The molecule has 4 atom stereocenters. The number of nitrogens with zero attached hydrogens (tertiary/aromatic N) is 1. The van der Waals surface area contributed by atoms with Crippen LogP contribution in [0.2, 0.25) is 0 Å². The number of likely N-dealkylation sites (N-methyl/N-ethyl adjacent to an activating group) is 1. The SMILES string of the molecule is CCN(CC)[C@@H](CNC(=O)[C@@H]1C[C@H]2CC[C@H]1C2)c1ccsc1. The number of nitrogens with one attached hydrogen (secondary N) is 1. The summed E-state index contributed by atoms with van der Waals surface area (Å²) in [6.07, 6.45) is 5.05. The van der Waals surface area contributed by atoms with E-state index in [0.717, 1.165) is 32.0 Å². The van der Waals surface area contributed by atoms with Crippen LogP contribution in [-0.2, 0) is 4.79 Å². The fraction of sp³-hybridized carbons (Fsp3) is 0.722. The van der Waals surface area contributed by atoms with Crippen LogP contribution >= 0.6 is 11.3 Å². The van der Waals surface area contributed by atoms with E-state index in [9.17, 15) is 4.79 Å². The molecule has 22 heavy (non-hydrogen) atoms. The Hall–Kier alpha value is -0.870. The number of fused-ring (bicyclic) bond motifs is 2. The number of carbonyl (C=O) groups excluding carboxylic acids is 1. The van der Waals surface area contributed by atoms with Crippen LogP contribution < -0.4 is 5.32 Å². The Bertz CT molecular complexity index is 483. The molecule has 1 N–H and O–H groups in total. The van der Waals surface area contributed by atoms with Gasteiger partial charge >= 0.3 is 0 Å². The Morgan fingerprint density at radius 2 is 2.18 bits per heavy atom. The second kappa shape index (κ2) is 7.14. The van der Waals surface area contributed by atoms with Crippen molar-refractivity contribution in [3.63, 3.8) is 0 Å². The highest BCUT2D eigenvalue weighted by Crippen LogP contribution is 2.48. The summed E-state index contributed by atoms with van der Waals surface area (Å²) in [6, 6.07) is 2.50. The third-order valence-corrected chi connectivity index (χ3v) is 6.43. The molecule has 1 amide bonds. The maximum absolute atomic E-state index is 12.6. The van der Waals surface area contributed by atoms with E-state index < -0.39 is 0 Å². The molecular formula is C18H28N2OS. The van der Waals surface area contributed by atoms with Crippen molar-refractivity contribution in [1.29, 1.82) is 0 Å². The van der Waals surface area contributed by atoms with Crippen LogP contribution in [0.15, 0.2) is 16.8 Å². The van der Waals surface area contributed by atoms with E-state index in [2.05, 4.69) is 40.9 Å². The minimum atomic E-state index is 0.290. The highest BCUT2D eigenvalue weighted by atomic mass is 32.1. The molecule has 122 valence electrons. The van der Waals surface area contributed by atoms with Crippen LogP contribution in [0.3, 0.4) is 0 Å². The number of rotatable bonds is 7. The van der Waals surface area contributed by atoms with Crippen LogP contribution in [-0.4, -0.2) is 30.4 Å². The first-order chi connectivity index (χ1) is 10.7. The van der Waals surface area contributed by atoms with Crippen molar-refractivity contribution in [2.75, 3.05) is 19.6 Å². The van der Waals surface area contributed by atoms with E-state index in [4.69, 9.17) is 0 Å². The average molecular weight is 321 g/mol. The van der Waals surface area contributed by atoms with E-state index in [-0.39, 0.29) is 0 Å². The highest BCUT2D eigenvalue weighted by molar-refractivity contribution is 7.07. The van der Waals surface area contributed by atoms with Gasteiger partial charge in [0.05, 0.1) is 6.04 Å². The van der Waals surface area contributed by atoms with Gasteiger partial charge in [-0.15, -0.1) is 0 Å². The van der Waals surface area contributed by atoms with E-state index in [0.29, 0.717) is 23.8 Å². The number of amides is 1. The van der Waals surface area contributed by atoms with Crippen molar-refractivity contribution in [1.82, 2.24) is 10.2 Å². The second-order valence-electron chi connectivity index (χ2n) is 6.82. The van der Waals surface area contributed by atoms with Crippen molar-refractivity contribution in [2.45, 2.75) is 45.6 Å². The van der Waals surface area contributed by atoms with Gasteiger partial charge in [-0.3, -0.25) is 9.69 Å². The van der Waals surface area contributed by atoms with Gasteiger partial charge < -0.3 is 5.32 Å². The smallest absolute Gasteiger partial charge is 0.223 e. The van der Waals surface area contributed by atoms with Crippen molar-refractivity contribution in [2.24, 2.45) is 17.8 Å². The average Bonchev–Trinajstić information content (AvgIpc) is 3.28. The molecule has 1 aromatic rings. The molecule has 0 aliphatic heterocycles. The fourth-order valence-corrected chi connectivity index (χ4v) is 5.19. The van der Waals surface area contributed by atoms with Gasteiger partial charge in [0, 0.05) is 12.5 Å². The highest BCUT2D eigenvalue weighted by Gasteiger charge is 2.43. The molecule has 1 heterocycles. The Morgan fingerprint density at radius 3 is 2.73 bits per heavy atom. The summed E-state index contributed by atoms with van der Waals surface area (Å²) in [4.78, 5) is 15.0. The zero-order valence-electron chi connectivity index (χ0n) is 13.8. The predicted molar refractivity (Wildman–Crippen MR) is 91.9 cm³/mol. The molecule has 0 radical (unpaired) electrons. The van der Waals surface area contributed by atoms with Crippen molar-refractivity contribution >= 4 is 17.2 Å². The normalized spacial score (nSPS) is 28.2. The first kappa shape index (κ1) is 16.0. The predicted octanol–water partition coefficient (Wildman–Crippen LogP) is 3.68. The molecule has 0 saturated heterocycles. The summed E-state index contributed by atoms with van der Waals surface area (Å²) >= 11 is 1.74. The Kier molecular flexibility index (Phi) is 5.19. The van der Waals surface area contributed by atoms with Gasteiger partial charge in [-0.05, 0) is 66.6 Å². The minimum Gasteiger partial charge on any atom is -0.354 e. The lowest BCUT2D eigenvalue weighted by Gasteiger charge is -2.30. The lowest BCUT2D eigenvalue weighted by molar-refractivity contribution is -0.126. The Balaban J connectivity index is 1.60. The molecule has 0 aromatic carbocycles. The van der Waals surface area contributed by atoms with Crippen LogP contribution in [0.5, 0.6) is 0 Å². The summed E-state index contributed by atoms with van der Waals surface area (Å²) in [7, 11) is 0. The summed E-state index contributed by atoms with van der Waals surface area (Å²) in [5.41, 5.74) is 1.34. The van der Waals surface area contributed by atoms with Gasteiger partial charge in [-0.25, -0.2) is 0 Å².